The summed E-state index contributed by atoms with van der Waals surface area (Å²) in [6.45, 7) is 1.85. The van der Waals surface area contributed by atoms with Crippen molar-refractivity contribution in [2.75, 3.05) is 6.61 Å². The molecular formula is C14H11F5O8S. The third-order valence-electron chi connectivity index (χ3n) is 2.76. The zero-order valence-electron chi connectivity index (χ0n) is 13.5. The smallest absolute Gasteiger partial charge is 0.432 e. The number of rotatable bonds is 8. The highest BCUT2D eigenvalue weighted by Crippen LogP contribution is 2.38. The average Bonchev–Trinajstić information content (AvgIpc) is 2.56. The van der Waals surface area contributed by atoms with Crippen molar-refractivity contribution < 1.29 is 58.7 Å². The lowest BCUT2D eigenvalue weighted by molar-refractivity contribution is -0.259. The van der Waals surface area contributed by atoms with Crippen LogP contribution >= 0.6 is 0 Å². The molecule has 1 rings (SSSR count). The number of ether oxygens (including phenoxy) is 3. The third-order valence-corrected chi connectivity index (χ3v) is 3.66. The van der Waals surface area contributed by atoms with Crippen molar-refractivity contribution in [3.8, 4) is 11.5 Å². The predicted octanol–water partition coefficient (Wildman–Crippen LogP) is 2.11. The molecule has 8 nitrogen and oxygen atoms in total. The van der Waals surface area contributed by atoms with Gasteiger partial charge in [-0.25, -0.2) is 9.59 Å². The second-order valence-electron chi connectivity index (χ2n) is 4.83. The van der Waals surface area contributed by atoms with Gasteiger partial charge in [-0.1, -0.05) is 6.58 Å². The summed E-state index contributed by atoms with van der Waals surface area (Å²) in [6.07, 6.45) is -9.59. The summed E-state index contributed by atoms with van der Waals surface area (Å²) in [7, 11) is -6.53. The summed E-state index contributed by atoms with van der Waals surface area (Å²) in [5, 5.41) is -5.84. The first kappa shape index (κ1) is 23.3. The molecule has 0 aliphatic heterocycles. The summed E-state index contributed by atoms with van der Waals surface area (Å²) in [5.41, 5.74) is 0. The van der Waals surface area contributed by atoms with E-state index in [0.717, 1.165) is 18.2 Å². The first-order chi connectivity index (χ1) is 12.7. The van der Waals surface area contributed by atoms with Gasteiger partial charge >= 0.3 is 33.5 Å². The van der Waals surface area contributed by atoms with Crippen LogP contribution in [0.25, 0.3) is 0 Å². The van der Waals surface area contributed by atoms with Gasteiger partial charge < -0.3 is 14.2 Å². The molecule has 1 atom stereocenters. The number of benzene rings is 1. The van der Waals surface area contributed by atoms with Gasteiger partial charge in [-0.15, -0.1) is 0 Å². The van der Waals surface area contributed by atoms with E-state index in [1.165, 1.54) is 12.1 Å². The van der Waals surface area contributed by atoms with Crippen LogP contribution in [-0.4, -0.2) is 49.1 Å². The molecule has 0 saturated carbocycles. The van der Waals surface area contributed by atoms with E-state index in [0.29, 0.717) is 0 Å². The molecule has 0 spiro atoms. The van der Waals surface area contributed by atoms with Crippen LogP contribution in [0.1, 0.15) is 0 Å². The minimum Gasteiger partial charge on any atom is -0.482 e. The number of carbonyl (C=O) groups excluding carboxylic acids is 2. The quantitative estimate of drug-likeness (QED) is 0.218. The van der Waals surface area contributed by atoms with Gasteiger partial charge in [-0.3, -0.25) is 4.55 Å². The average molecular weight is 434 g/mol. The largest absolute Gasteiger partial charge is 0.482 e. The molecule has 0 fully saturated rings. The molecule has 1 unspecified atom stereocenters. The Morgan fingerprint density at radius 2 is 1.61 bits per heavy atom. The van der Waals surface area contributed by atoms with Crippen molar-refractivity contribution in [2.45, 2.75) is 17.5 Å². The maximum atomic E-state index is 13.3. The molecular weight excluding hydrogens is 423 g/mol. The number of esters is 2. The van der Waals surface area contributed by atoms with Crippen LogP contribution in [0.5, 0.6) is 11.5 Å². The van der Waals surface area contributed by atoms with Gasteiger partial charge in [0.2, 0.25) is 0 Å². The fraction of sp³-hybridized carbons (Fsp3) is 0.286. The van der Waals surface area contributed by atoms with Gasteiger partial charge in [0.1, 0.15) is 11.5 Å². The first-order valence-electron chi connectivity index (χ1n) is 6.86. The molecule has 14 heteroatoms. The minimum atomic E-state index is -6.53. The van der Waals surface area contributed by atoms with Crippen molar-refractivity contribution in [1.29, 1.82) is 0 Å². The van der Waals surface area contributed by atoms with E-state index in [4.69, 9.17) is 14.0 Å². The Hall–Kier alpha value is -2.74. The van der Waals surface area contributed by atoms with Crippen molar-refractivity contribution in [1.82, 2.24) is 0 Å². The normalized spacial score (nSPS) is 13.4. The Morgan fingerprint density at radius 1 is 1.11 bits per heavy atom. The fourth-order valence-corrected chi connectivity index (χ4v) is 1.98. The van der Waals surface area contributed by atoms with Crippen molar-refractivity contribution in [3.05, 3.63) is 36.9 Å². The lowest BCUT2D eigenvalue weighted by atomic mass is 10.3. The molecule has 0 bridgehead atoms. The topological polar surface area (TPSA) is 116 Å². The van der Waals surface area contributed by atoms with Crippen LogP contribution in [0, 0.1) is 0 Å². The maximum absolute atomic E-state index is 13.3. The van der Waals surface area contributed by atoms with Crippen LogP contribution in [0.15, 0.2) is 36.9 Å². The third kappa shape index (κ3) is 6.16. The monoisotopic (exact) mass is 434 g/mol. The number of carbonyl (C=O) groups is 2. The van der Waals surface area contributed by atoms with E-state index in [2.05, 4.69) is 11.3 Å². The standard InChI is InChI=1S/C14H11F5O8S/c1-2-10(20)26-9-5-3-8(4-6-9)25-7-11(21)27-12(13(15,16)17)14(18,19)28(22,23)24/h2-6,12H,1,7H2,(H,22,23,24). The Morgan fingerprint density at radius 3 is 2.04 bits per heavy atom. The molecule has 1 N–H and O–H groups in total. The van der Waals surface area contributed by atoms with Gasteiger partial charge in [-0.2, -0.15) is 30.4 Å². The highest BCUT2D eigenvalue weighted by Gasteiger charge is 2.66. The molecule has 156 valence electrons. The Labute approximate surface area is 154 Å². The molecule has 0 amide bonds. The van der Waals surface area contributed by atoms with E-state index in [1.807, 2.05) is 0 Å². The number of hydrogen-bond donors (Lipinski definition) is 1. The summed E-state index contributed by atoms with van der Waals surface area (Å²) in [5.74, 6) is -2.90. The second kappa shape index (κ2) is 8.52. The van der Waals surface area contributed by atoms with Crippen molar-refractivity contribution in [2.24, 2.45) is 0 Å². The summed E-state index contributed by atoms with van der Waals surface area (Å²) < 4.78 is 106. The van der Waals surface area contributed by atoms with Crippen molar-refractivity contribution >= 4 is 22.1 Å². The Balaban J connectivity index is 2.79. The summed E-state index contributed by atoms with van der Waals surface area (Å²) in [6, 6.07) is 4.58. The molecule has 0 saturated heterocycles. The SMILES string of the molecule is C=CC(=O)Oc1ccc(OCC(=O)OC(C(F)(F)F)C(F)(F)S(=O)(=O)O)cc1. The van der Waals surface area contributed by atoms with Gasteiger partial charge in [0.25, 0.3) is 6.10 Å². The molecule has 0 radical (unpaired) electrons. The van der Waals surface area contributed by atoms with Gasteiger partial charge in [-0.05, 0) is 24.3 Å². The Kier molecular flexibility index (Phi) is 7.09. The highest BCUT2D eigenvalue weighted by molar-refractivity contribution is 7.86. The molecule has 0 aliphatic carbocycles. The molecule has 0 aliphatic rings. The lowest BCUT2D eigenvalue weighted by Gasteiger charge is -2.25. The lowest BCUT2D eigenvalue weighted by Crippen LogP contribution is -2.52. The van der Waals surface area contributed by atoms with Crippen LogP contribution in [0.2, 0.25) is 0 Å². The molecule has 0 aromatic heterocycles. The number of alkyl halides is 5. The van der Waals surface area contributed by atoms with Crippen LogP contribution in [-0.2, 0) is 24.4 Å². The van der Waals surface area contributed by atoms with Crippen LogP contribution in [0.4, 0.5) is 22.0 Å². The van der Waals surface area contributed by atoms with E-state index in [9.17, 15) is 40.0 Å². The molecule has 1 aromatic rings. The first-order valence-corrected chi connectivity index (χ1v) is 8.30. The Bertz CT molecular complexity index is 832. The molecule has 1 aromatic carbocycles. The van der Waals surface area contributed by atoms with E-state index < -0.39 is 46.2 Å². The highest BCUT2D eigenvalue weighted by atomic mass is 32.2. The van der Waals surface area contributed by atoms with E-state index in [-0.39, 0.29) is 11.5 Å². The van der Waals surface area contributed by atoms with Crippen molar-refractivity contribution in [3.63, 3.8) is 0 Å². The summed E-state index contributed by atoms with van der Waals surface area (Å²) >= 11 is 0. The predicted molar refractivity (Wildman–Crippen MR) is 80.2 cm³/mol. The molecule has 0 heterocycles. The van der Waals surface area contributed by atoms with E-state index >= 15 is 0 Å². The number of hydrogen-bond acceptors (Lipinski definition) is 7. The van der Waals surface area contributed by atoms with E-state index in [1.54, 1.807) is 0 Å². The van der Waals surface area contributed by atoms with Gasteiger partial charge in [0.15, 0.2) is 6.61 Å². The fourth-order valence-electron chi connectivity index (χ4n) is 1.53. The minimum absolute atomic E-state index is 0.0322. The number of halogens is 5. The zero-order valence-corrected chi connectivity index (χ0v) is 14.3. The zero-order chi connectivity index (χ0) is 21.8. The molecule has 28 heavy (non-hydrogen) atoms. The summed E-state index contributed by atoms with van der Waals surface area (Å²) in [4.78, 5) is 22.3. The second-order valence-corrected chi connectivity index (χ2v) is 6.33. The van der Waals surface area contributed by atoms with Gasteiger partial charge in [0, 0.05) is 6.08 Å². The maximum Gasteiger partial charge on any atom is 0.432 e. The van der Waals surface area contributed by atoms with Crippen LogP contribution < -0.4 is 9.47 Å². The van der Waals surface area contributed by atoms with Gasteiger partial charge in [0.05, 0.1) is 0 Å². The van der Waals surface area contributed by atoms with Crippen LogP contribution in [0.3, 0.4) is 0 Å².